The van der Waals surface area contributed by atoms with Gasteiger partial charge in [0.15, 0.2) is 5.17 Å². The number of amides is 2. The predicted octanol–water partition coefficient (Wildman–Crippen LogP) is 1.61. The third kappa shape index (κ3) is 3.58. The van der Waals surface area contributed by atoms with Gasteiger partial charge in [-0.05, 0) is 18.2 Å². The first kappa shape index (κ1) is 13.1. The maximum Gasteiger partial charge on any atom is 0.315 e. The number of amidine groups is 1. The molecule has 1 heterocycles. The minimum Gasteiger partial charge on any atom is -0.318 e. The number of aliphatic imine (C=N–C) groups is 1. The molecule has 2 rings (SSSR count). The number of thioether (sulfide) groups is 1. The molecule has 0 aromatic heterocycles. The van der Waals surface area contributed by atoms with E-state index in [2.05, 4.69) is 31.6 Å². The Hall–Kier alpha value is -1.34. The summed E-state index contributed by atoms with van der Waals surface area (Å²) in [6, 6.07) is 7.03. The molecule has 7 heteroatoms. The van der Waals surface area contributed by atoms with E-state index >= 15 is 0 Å². The molecule has 94 valence electrons. The van der Waals surface area contributed by atoms with Crippen LogP contribution in [-0.2, 0) is 9.59 Å². The lowest BCUT2D eigenvalue weighted by Crippen LogP contribution is -2.37. The van der Waals surface area contributed by atoms with Crippen molar-refractivity contribution in [1.29, 1.82) is 0 Å². The quantitative estimate of drug-likeness (QED) is 0.770. The Morgan fingerprint density at radius 1 is 1.28 bits per heavy atom. The minimum atomic E-state index is -0.705. The smallest absolute Gasteiger partial charge is 0.315 e. The summed E-state index contributed by atoms with van der Waals surface area (Å²) in [6.45, 7) is 0.674. The summed E-state index contributed by atoms with van der Waals surface area (Å²) < 4.78 is 0.830. The van der Waals surface area contributed by atoms with Crippen LogP contribution in [0.15, 0.2) is 33.7 Å². The van der Waals surface area contributed by atoms with Crippen molar-refractivity contribution < 1.29 is 9.59 Å². The van der Waals surface area contributed by atoms with Crippen molar-refractivity contribution in [3.8, 4) is 0 Å². The molecular formula is C11H10BrN3O2S. The Bertz CT molecular complexity index is 519. The van der Waals surface area contributed by atoms with Crippen molar-refractivity contribution in [2.45, 2.75) is 0 Å². The lowest BCUT2D eigenvalue weighted by molar-refractivity contribution is -0.135. The average molecular weight is 328 g/mol. The summed E-state index contributed by atoms with van der Waals surface area (Å²) in [5, 5.41) is 5.48. The molecule has 0 atom stereocenters. The van der Waals surface area contributed by atoms with Crippen molar-refractivity contribution in [3.63, 3.8) is 0 Å². The maximum atomic E-state index is 11.6. The highest BCUT2D eigenvalue weighted by molar-refractivity contribution is 9.10. The molecule has 0 unspecified atom stereocenters. The first-order chi connectivity index (χ1) is 8.65. The van der Waals surface area contributed by atoms with E-state index in [1.165, 1.54) is 11.8 Å². The van der Waals surface area contributed by atoms with Crippen LogP contribution in [0.1, 0.15) is 0 Å². The van der Waals surface area contributed by atoms with Crippen LogP contribution in [0.3, 0.4) is 0 Å². The number of halogens is 1. The topological polar surface area (TPSA) is 70.6 Å². The molecule has 0 saturated heterocycles. The van der Waals surface area contributed by atoms with Crippen molar-refractivity contribution in [2.24, 2.45) is 4.99 Å². The van der Waals surface area contributed by atoms with Crippen LogP contribution in [0.5, 0.6) is 0 Å². The first-order valence-corrected chi connectivity index (χ1v) is 6.98. The van der Waals surface area contributed by atoms with E-state index in [0.29, 0.717) is 17.4 Å². The van der Waals surface area contributed by atoms with Gasteiger partial charge in [0.25, 0.3) is 0 Å². The number of hydrogen-bond donors (Lipinski definition) is 2. The normalized spacial score (nSPS) is 13.9. The molecule has 1 aliphatic heterocycles. The van der Waals surface area contributed by atoms with Gasteiger partial charge in [0.1, 0.15) is 0 Å². The van der Waals surface area contributed by atoms with Gasteiger partial charge in [0.05, 0.1) is 6.54 Å². The zero-order valence-electron chi connectivity index (χ0n) is 9.27. The van der Waals surface area contributed by atoms with E-state index < -0.39 is 11.8 Å². The number of anilines is 1. The lowest BCUT2D eigenvalue weighted by Gasteiger charge is -2.05. The zero-order valence-corrected chi connectivity index (χ0v) is 11.7. The number of nitrogens with one attached hydrogen (secondary N) is 2. The SMILES string of the molecule is O=C(NC1=NCCS1)C(=O)Nc1cccc(Br)c1. The minimum absolute atomic E-state index is 0.504. The lowest BCUT2D eigenvalue weighted by atomic mass is 10.3. The summed E-state index contributed by atoms with van der Waals surface area (Å²) in [5.74, 6) is -0.575. The van der Waals surface area contributed by atoms with Crippen molar-refractivity contribution >= 4 is 50.4 Å². The maximum absolute atomic E-state index is 11.6. The molecule has 2 amide bonds. The van der Waals surface area contributed by atoms with Gasteiger partial charge in [0, 0.05) is 15.9 Å². The summed E-state index contributed by atoms with van der Waals surface area (Å²) in [7, 11) is 0. The van der Waals surface area contributed by atoms with Crippen LogP contribution in [0.2, 0.25) is 0 Å². The van der Waals surface area contributed by atoms with Crippen molar-refractivity contribution in [3.05, 3.63) is 28.7 Å². The van der Waals surface area contributed by atoms with Crippen LogP contribution in [0.25, 0.3) is 0 Å². The van der Waals surface area contributed by atoms with Gasteiger partial charge in [-0.3, -0.25) is 19.9 Å². The van der Waals surface area contributed by atoms with Gasteiger partial charge in [0.2, 0.25) is 0 Å². The fourth-order valence-corrected chi connectivity index (χ4v) is 2.44. The second kappa shape index (κ2) is 6.01. The van der Waals surface area contributed by atoms with Gasteiger partial charge in [-0.1, -0.05) is 33.8 Å². The molecule has 0 spiro atoms. The predicted molar refractivity (Wildman–Crippen MR) is 75.7 cm³/mol. The van der Waals surface area contributed by atoms with Crippen molar-refractivity contribution in [1.82, 2.24) is 5.32 Å². The van der Waals surface area contributed by atoms with E-state index in [4.69, 9.17) is 0 Å². The third-order valence-corrected chi connectivity index (χ3v) is 3.48. The van der Waals surface area contributed by atoms with Gasteiger partial charge in [-0.25, -0.2) is 0 Å². The van der Waals surface area contributed by atoms with Crippen LogP contribution < -0.4 is 10.6 Å². The standard InChI is InChI=1S/C11H10BrN3O2S/c12-7-2-1-3-8(6-7)14-9(16)10(17)15-11-13-4-5-18-11/h1-3,6H,4-5H2,(H,14,16)(H,13,15,17). The number of carbonyl (C=O) groups is 2. The van der Waals surface area contributed by atoms with E-state index in [0.717, 1.165) is 10.2 Å². The third-order valence-electron chi connectivity index (χ3n) is 2.09. The Morgan fingerprint density at radius 2 is 2.06 bits per heavy atom. The summed E-state index contributed by atoms with van der Waals surface area (Å²) in [4.78, 5) is 27.2. The van der Waals surface area contributed by atoms with E-state index in [-0.39, 0.29) is 0 Å². The largest absolute Gasteiger partial charge is 0.318 e. The summed E-state index contributed by atoms with van der Waals surface area (Å²) >= 11 is 4.71. The highest BCUT2D eigenvalue weighted by Gasteiger charge is 2.17. The van der Waals surface area contributed by atoms with Crippen LogP contribution >= 0.6 is 27.7 Å². The Balaban J connectivity index is 1.93. The zero-order chi connectivity index (χ0) is 13.0. The molecule has 5 nitrogen and oxygen atoms in total. The fraction of sp³-hybridized carbons (Fsp3) is 0.182. The van der Waals surface area contributed by atoms with Crippen LogP contribution in [0.4, 0.5) is 5.69 Å². The Kier molecular flexibility index (Phi) is 4.38. The number of rotatable bonds is 1. The van der Waals surface area contributed by atoms with E-state index in [1.807, 2.05) is 6.07 Å². The van der Waals surface area contributed by atoms with Crippen molar-refractivity contribution in [2.75, 3.05) is 17.6 Å². The highest BCUT2D eigenvalue weighted by atomic mass is 79.9. The first-order valence-electron chi connectivity index (χ1n) is 5.20. The Labute approximate surface area is 117 Å². The number of hydrogen-bond acceptors (Lipinski definition) is 4. The molecule has 0 fully saturated rings. The molecule has 0 bridgehead atoms. The molecule has 1 aromatic rings. The average Bonchev–Trinajstić information content (AvgIpc) is 2.81. The number of benzene rings is 1. The van der Waals surface area contributed by atoms with E-state index in [9.17, 15) is 9.59 Å². The molecule has 0 radical (unpaired) electrons. The van der Waals surface area contributed by atoms with Gasteiger partial charge in [-0.15, -0.1) is 0 Å². The van der Waals surface area contributed by atoms with Gasteiger partial charge >= 0.3 is 11.8 Å². The molecule has 0 aliphatic carbocycles. The summed E-state index contributed by atoms with van der Waals surface area (Å²) in [6.07, 6.45) is 0. The molecule has 1 aliphatic rings. The monoisotopic (exact) mass is 327 g/mol. The summed E-state index contributed by atoms with van der Waals surface area (Å²) in [5.41, 5.74) is 0.561. The Morgan fingerprint density at radius 3 is 2.72 bits per heavy atom. The molecular weight excluding hydrogens is 318 g/mol. The van der Waals surface area contributed by atoms with E-state index in [1.54, 1.807) is 18.2 Å². The van der Waals surface area contributed by atoms with Crippen LogP contribution in [-0.4, -0.2) is 29.3 Å². The fourth-order valence-electron chi connectivity index (χ4n) is 1.32. The molecule has 2 N–H and O–H groups in total. The van der Waals surface area contributed by atoms with Crippen LogP contribution in [0, 0.1) is 0 Å². The second-order valence-electron chi connectivity index (χ2n) is 3.45. The highest BCUT2D eigenvalue weighted by Crippen LogP contribution is 2.15. The molecule has 0 saturated carbocycles. The van der Waals surface area contributed by atoms with Gasteiger partial charge < -0.3 is 5.32 Å². The molecule has 18 heavy (non-hydrogen) atoms. The second-order valence-corrected chi connectivity index (χ2v) is 5.45. The molecule has 1 aromatic carbocycles. The van der Waals surface area contributed by atoms with Gasteiger partial charge in [-0.2, -0.15) is 0 Å². The number of carbonyl (C=O) groups excluding carboxylic acids is 2. The number of nitrogens with zero attached hydrogens (tertiary/aromatic N) is 1.